The van der Waals surface area contributed by atoms with Crippen molar-refractivity contribution in [3.05, 3.63) is 132 Å². The number of piperidine rings is 1. The highest BCUT2D eigenvalue weighted by Gasteiger charge is 2.37. The Bertz CT molecular complexity index is 1660. The van der Waals surface area contributed by atoms with Crippen molar-refractivity contribution in [2.75, 3.05) is 24.0 Å². The summed E-state index contributed by atoms with van der Waals surface area (Å²) in [4.78, 5) is 16.6. The number of rotatable bonds is 11. The minimum atomic E-state index is -4.69. The standard InChI is InChI=1S/C36H38F3N3O4S.H2S/c1-28(41(25-29-12-5-2-6-13-29)26-30-14-7-3-8-15-30)27-46-35(43)40-22-20-33(21-23-40)42(32-17-9-4-10-18-32)47(44,45)34-19-11-16-31(24-34)36(37,38)39;/h2-19,24,28,33H,20-23,25-27H2,1H3;1H2/t28-;/m0./s1. The van der Waals surface area contributed by atoms with Crippen molar-refractivity contribution in [2.45, 2.75) is 56.0 Å². The SMILES string of the molecule is C[C@@H](COC(=O)N1CCC(N(c2ccccc2)S(=O)(=O)c2cccc(C(F)(F)F)c2)CC1)N(Cc1ccccc1)Cc1ccccc1.S. The Labute approximate surface area is 287 Å². The molecule has 4 aromatic rings. The number of ether oxygens (including phenoxy) is 1. The minimum Gasteiger partial charge on any atom is -0.448 e. The van der Waals surface area contributed by atoms with Crippen molar-refractivity contribution >= 4 is 35.3 Å². The van der Waals surface area contributed by atoms with Crippen LogP contribution in [0.5, 0.6) is 0 Å². The number of alkyl halides is 3. The topological polar surface area (TPSA) is 70.2 Å². The number of para-hydroxylation sites is 1. The number of amides is 1. The number of sulfonamides is 1. The molecule has 1 aliphatic rings. The highest BCUT2D eigenvalue weighted by atomic mass is 32.2. The summed E-state index contributed by atoms with van der Waals surface area (Å²) in [6.45, 7) is 4.00. The van der Waals surface area contributed by atoms with Gasteiger partial charge in [0.15, 0.2) is 0 Å². The molecule has 0 N–H and O–H groups in total. The third kappa shape index (κ3) is 9.33. The molecule has 0 unspecified atom stereocenters. The Hall–Kier alpha value is -4.00. The van der Waals surface area contributed by atoms with E-state index in [1.54, 1.807) is 35.2 Å². The predicted octanol–water partition coefficient (Wildman–Crippen LogP) is 7.71. The number of anilines is 1. The fraction of sp³-hybridized carbons (Fsp3) is 0.306. The summed E-state index contributed by atoms with van der Waals surface area (Å²) in [7, 11) is -4.36. The predicted molar refractivity (Wildman–Crippen MR) is 185 cm³/mol. The van der Waals surface area contributed by atoms with Crippen LogP contribution in [0.4, 0.5) is 23.7 Å². The molecule has 1 aliphatic heterocycles. The Balaban J connectivity index is 0.00000520. The van der Waals surface area contributed by atoms with Crippen LogP contribution in [0.2, 0.25) is 0 Å². The molecule has 0 aromatic heterocycles. The third-order valence-electron chi connectivity index (χ3n) is 8.31. The molecule has 5 rings (SSSR count). The molecular formula is C36H40F3N3O4S2. The Morgan fingerprint density at radius 3 is 1.88 bits per heavy atom. The van der Waals surface area contributed by atoms with Gasteiger partial charge in [0.25, 0.3) is 10.0 Å². The lowest BCUT2D eigenvalue weighted by molar-refractivity contribution is -0.137. The van der Waals surface area contributed by atoms with Crippen molar-refractivity contribution in [1.82, 2.24) is 9.80 Å². The Morgan fingerprint density at radius 2 is 1.35 bits per heavy atom. The summed E-state index contributed by atoms with van der Waals surface area (Å²) in [5.74, 6) is 0. The molecule has 1 amide bonds. The summed E-state index contributed by atoms with van der Waals surface area (Å²) in [6.07, 6.45) is -4.61. The van der Waals surface area contributed by atoms with Crippen LogP contribution in [-0.2, 0) is 34.0 Å². The van der Waals surface area contributed by atoms with Crippen LogP contribution in [0, 0.1) is 0 Å². The number of halogens is 3. The fourth-order valence-electron chi connectivity index (χ4n) is 5.74. The molecule has 7 nitrogen and oxygen atoms in total. The van der Waals surface area contributed by atoms with Gasteiger partial charge in [0.2, 0.25) is 0 Å². The van der Waals surface area contributed by atoms with E-state index in [1.165, 1.54) is 10.4 Å². The van der Waals surface area contributed by atoms with E-state index < -0.39 is 38.8 Å². The number of carbonyl (C=O) groups excluding carboxylic acids is 1. The summed E-state index contributed by atoms with van der Waals surface area (Å²) in [5, 5.41) is 0. The quantitative estimate of drug-likeness (QED) is 0.161. The molecule has 1 heterocycles. The van der Waals surface area contributed by atoms with E-state index in [9.17, 15) is 26.4 Å². The van der Waals surface area contributed by atoms with E-state index >= 15 is 0 Å². The summed E-state index contributed by atoms with van der Waals surface area (Å²) >= 11 is 0. The lowest BCUT2D eigenvalue weighted by Gasteiger charge is -2.38. The zero-order chi connectivity index (χ0) is 33.4. The van der Waals surface area contributed by atoms with Gasteiger partial charge in [0.05, 0.1) is 16.1 Å². The monoisotopic (exact) mass is 699 g/mol. The summed E-state index contributed by atoms with van der Waals surface area (Å²) in [5.41, 5.74) is 1.60. The minimum absolute atomic E-state index is 0. The van der Waals surface area contributed by atoms with Gasteiger partial charge in [-0.3, -0.25) is 9.21 Å². The van der Waals surface area contributed by atoms with Crippen LogP contribution >= 0.6 is 13.5 Å². The Morgan fingerprint density at radius 1 is 0.833 bits per heavy atom. The number of nitrogens with zero attached hydrogens (tertiary/aromatic N) is 3. The number of carbonyl (C=O) groups is 1. The van der Waals surface area contributed by atoms with Crippen molar-refractivity contribution in [2.24, 2.45) is 0 Å². The van der Waals surface area contributed by atoms with Crippen LogP contribution in [0.1, 0.15) is 36.5 Å². The van der Waals surface area contributed by atoms with Gasteiger partial charge in [0, 0.05) is 38.3 Å². The molecular weight excluding hydrogens is 660 g/mol. The van der Waals surface area contributed by atoms with E-state index in [-0.39, 0.29) is 52.1 Å². The van der Waals surface area contributed by atoms with Gasteiger partial charge in [0.1, 0.15) is 6.61 Å². The van der Waals surface area contributed by atoms with E-state index in [2.05, 4.69) is 29.2 Å². The summed E-state index contributed by atoms with van der Waals surface area (Å²) < 4.78 is 75.1. The van der Waals surface area contributed by atoms with Gasteiger partial charge in [-0.1, -0.05) is 84.9 Å². The smallest absolute Gasteiger partial charge is 0.416 e. The molecule has 0 radical (unpaired) electrons. The lowest BCUT2D eigenvalue weighted by atomic mass is 10.0. The first-order valence-corrected chi connectivity index (χ1v) is 17.0. The largest absolute Gasteiger partial charge is 0.448 e. The van der Waals surface area contributed by atoms with Gasteiger partial charge < -0.3 is 9.64 Å². The van der Waals surface area contributed by atoms with Crippen LogP contribution in [0.25, 0.3) is 0 Å². The number of likely N-dealkylation sites (tertiary alicyclic amines) is 1. The van der Waals surface area contributed by atoms with E-state index in [0.717, 1.165) is 23.3 Å². The van der Waals surface area contributed by atoms with Crippen molar-refractivity contribution in [3.63, 3.8) is 0 Å². The van der Waals surface area contributed by atoms with Crippen LogP contribution < -0.4 is 4.31 Å². The highest BCUT2D eigenvalue weighted by Crippen LogP contribution is 2.34. The second-order valence-electron chi connectivity index (χ2n) is 11.7. The normalized spacial score (nSPS) is 14.6. The maximum Gasteiger partial charge on any atom is 0.416 e. The molecule has 1 fully saturated rings. The first kappa shape index (κ1) is 36.8. The van der Waals surface area contributed by atoms with Crippen LogP contribution in [0.3, 0.4) is 0 Å². The molecule has 0 saturated carbocycles. The zero-order valence-electron chi connectivity index (χ0n) is 26.6. The maximum absolute atomic E-state index is 13.9. The first-order chi connectivity index (χ1) is 22.5. The van der Waals surface area contributed by atoms with Crippen molar-refractivity contribution in [1.29, 1.82) is 0 Å². The van der Waals surface area contributed by atoms with E-state index in [0.29, 0.717) is 24.8 Å². The van der Waals surface area contributed by atoms with Gasteiger partial charge in [-0.2, -0.15) is 26.7 Å². The van der Waals surface area contributed by atoms with Gasteiger partial charge in [-0.15, -0.1) is 0 Å². The fourth-order valence-corrected chi connectivity index (χ4v) is 7.50. The lowest BCUT2D eigenvalue weighted by Crippen LogP contribution is -2.49. The van der Waals surface area contributed by atoms with Crippen LogP contribution in [-0.4, -0.2) is 56.1 Å². The van der Waals surface area contributed by atoms with Gasteiger partial charge >= 0.3 is 12.3 Å². The van der Waals surface area contributed by atoms with Gasteiger partial charge in [-0.25, -0.2) is 13.2 Å². The molecule has 0 spiro atoms. The molecule has 256 valence electrons. The second-order valence-corrected chi connectivity index (χ2v) is 13.5. The van der Waals surface area contributed by atoms with Crippen molar-refractivity contribution in [3.8, 4) is 0 Å². The molecule has 1 saturated heterocycles. The molecule has 48 heavy (non-hydrogen) atoms. The van der Waals surface area contributed by atoms with E-state index in [1.807, 2.05) is 43.3 Å². The number of hydrogen-bond donors (Lipinski definition) is 0. The third-order valence-corrected chi connectivity index (χ3v) is 10.2. The van der Waals surface area contributed by atoms with Gasteiger partial charge in [-0.05, 0) is 61.2 Å². The summed E-state index contributed by atoms with van der Waals surface area (Å²) in [6, 6.07) is 31.6. The maximum atomic E-state index is 13.9. The molecule has 12 heteroatoms. The average Bonchev–Trinajstić information content (AvgIpc) is 3.08. The molecule has 1 atom stereocenters. The number of hydrogen-bond acceptors (Lipinski definition) is 5. The Kier molecular flexibility index (Phi) is 12.6. The first-order valence-electron chi connectivity index (χ1n) is 15.5. The second kappa shape index (κ2) is 16.4. The molecule has 0 aliphatic carbocycles. The van der Waals surface area contributed by atoms with Crippen molar-refractivity contribution < 1.29 is 31.1 Å². The van der Waals surface area contributed by atoms with Crippen LogP contribution in [0.15, 0.2) is 120 Å². The van der Waals surface area contributed by atoms with E-state index in [4.69, 9.17) is 4.74 Å². The zero-order valence-corrected chi connectivity index (χ0v) is 28.4. The highest BCUT2D eigenvalue weighted by molar-refractivity contribution is 7.92. The molecule has 4 aromatic carbocycles. The average molecular weight is 700 g/mol. The molecule has 0 bridgehead atoms. The number of benzene rings is 4.